The number of rotatable bonds is 6. The van der Waals surface area contributed by atoms with Gasteiger partial charge in [-0.3, -0.25) is 9.59 Å². The summed E-state index contributed by atoms with van der Waals surface area (Å²) in [4.78, 5) is 27.2. The lowest BCUT2D eigenvalue weighted by Gasteiger charge is -2.06. The van der Waals surface area contributed by atoms with Crippen molar-refractivity contribution in [2.75, 3.05) is 13.7 Å². The Morgan fingerprint density at radius 3 is 2.81 bits per heavy atom. The Bertz CT molecular complexity index is 1060. The molecule has 7 heteroatoms. The number of aromatic nitrogens is 1. The van der Waals surface area contributed by atoms with Crippen LogP contribution in [0.2, 0.25) is 0 Å². The number of amides is 1. The van der Waals surface area contributed by atoms with Crippen molar-refractivity contribution in [3.8, 4) is 11.5 Å². The summed E-state index contributed by atoms with van der Waals surface area (Å²) in [7, 11) is 1.49. The third-order valence-electron chi connectivity index (χ3n) is 3.88. The maximum Gasteiger partial charge on any atom is 0.275 e. The molecule has 1 aromatic heterocycles. The van der Waals surface area contributed by atoms with Crippen LogP contribution in [0.15, 0.2) is 58.4 Å². The maximum absolute atomic E-state index is 12.2. The highest BCUT2D eigenvalue weighted by molar-refractivity contribution is 5.97. The Morgan fingerprint density at radius 2 is 2.04 bits per heavy atom. The molecule has 0 saturated carbocycles. The van der Waals surface area contributed by atoms with Crippen molar-refractivity contribution in [2.24, 2.45) is 5.10 Å². The van der Waals surface area contributed by atoms with E-state index in [0.717, 1.165) is 5.39 Å². The van der Waals surface area contributed by atoms with Gasteiger partial charge in [-0.05, 0) is 43.3 Å². The minimum Gasteiger partial charge on any atom is -0.496 e. The van der Waals surface area contributed by atoms with Gasteiger partial charge in [-0.2, -0.15) is 5.10 Å². The number of H-pyrrole nitrogens is 1. The standard InChI is InChI=1S/C20H19N3O4/c1-3-27-15-8-9-17-13(11-15)10-14(19(24)22-17)12-21-23-20(25)16-6-4-5-7-18(16)26-2/h4-12H,3H2,1-2H3,(H,22,24)(H,23,25)/b21-12-. The quantitative estimate of drug-likeness (QED) is 0.519. The Kier molecular flexibility index (Phi) is 5.51. The van der Waals surface area contributed by atoms with Crippen molar-refractivity contribution in [3.05, 3.63) is 70.0 Å². The molecule has 2 N–H and O–H groups in total. The van der Waals surface area contributed by atoms with Crippen LogP contribution >= 0.6 is 0 Å². The Hall–Kier alpha value is -3.61. The second-order valence-corrected chi connectivity index (χ2v) is 5.64. The van der Waals surface area contributed by atoms with E-state index in [0.29, 0.717) is 34.7 Å². The van der Waals surface area contributed by atoms with Crippen LogP contribution in [0.5, 0.6) is 11.5 Å². The molecule has 3 rings (SSSR count). The van der Waals surface area contributed by atoms with Gasteiger partial charge in [0.2, 0.25) is 0 Å². The fourth-order valence-electron chi connectivity index (χ4n) is 2.61. The second-order valence-electron chi connectivity index (χ2n) is 5.64. The van der Waals surface area contributed by atoms with Gasteiger partial charge in [0, 0.05) is 10.9 Å². The molecule has 0 bridgehead atoms. The van der Waals surface area contributed by atoms with Crippen LogP contribution in [0.25, 0.3) is 10.9 Å². The molecule has 0 spiro atoms. The van der Waals surface area contributed by atoms with Crippen LogP contribution in [0, 0.1) is 0 Å². The van der Waals surface area contributed by atoms with Crippen molar-refractivity contribution in [3.63, 3.8) is 0 Å². The fraction of sp³-hybridized carbons (Fsp3) is 0.150. The lowest BCUT2D eigenvalue weighted by Crippen LogP contribution is -2.19. The van der Waals surface area contributed by atoms with Crippen LogP contribution in [-0.4, -0.2) is 30.8 Å². The first kappa shape index (κ1) is 18.2. The highest BCUT2D eigenvalue weighted by Gasteiger charge is 2.10. The van der Waals surface area contributed by atoms with Gasteiger partial charge in [0.1, 0.15) is 11.5 Å². The van der Waals surface area contributed by atoms with E-state index >= 15 is 0 Å². The number of nitrogens with one attached hydrogen (secondary N) is 2. The van der Waals surface area contributed by atoms with E-state index in [2.05, 4.69) is 15.5 Å². The number of ether oxygens (including phenoxy) is 2. The van der Waals surface area contributed by atoms with Gasteiger partial charge in [-0.1, -0.05) is 12.1 Å². The van der Waals surface area contributed by atoms with Crippen LogP contribution < -0.4 is 20.5 Å². The average Bonchev–Trinajstić information content (AvgIpc) is 2.68. The summed E-state index contributed by atoms with van der Waals surface area (Å²) in [6, 6.07) is 13.9. The number of hydrogen-bond acceptors (Lipinski definition) is 5. The first-order valence-corrected chi connectivity index (χ1v) is 8.38. The Morgan fingerprint density at radius 1 is 1.22 bits per heavy atom. The molecule has 27 heavy (non-hydrogen) atoms. The summed E-state index contributed by atoms with van der Waals surface area (Å²) in [5.74, 6) is 0.723. The molecule has 0 saturated heterocycles. The first-order valence-electron chi connectivity index (χ1n) is 8.38. The number of pyridine rings is 1. The Balaban J connectivity index is 1.81. The smallest absolute Gasteiger partial charge is 0.275 e. The molecule has 0 aliphatic carbocycles. The zero-order valence-corrected chi connectivity index (χ0v) is 15.0. The van der Waals surface area contributed by atoms with Crippen molar-refractivity contribution in [2.45, 2.75) is 6.92 Å². The summed E-state index contributed by atoms with van der Waals surface area (Å²) in [6.07, 6.45) is 1.30. The number of hydrazone groups is 1. The van der Waals surface area contributed by atoms with E-state index in [9.17, 15) is 9.59 Å². The monoisotopic (exact) mass is 365 g/mol. The number of methoxy groups -OCH3 is 1. The molecular weight excluding hydrogens is 346 g/mol. The molecule has 3 aromatic rings. The molecule has 0 atom stereocenters. The number of para-hydroxylation sites is 1. The average molecular weight is 365 g/mol. The predicted octanol–water partition coefficient (Wildman–Crippen LogP) is 2.70. The van der Waals surface area contributed by atoms with Gasteiger partial charge in [0.05, 0.1) is 31.1 Å². The highest BCUT2D eigenvalue weighted by Crippen LogP contribution is 2.19. The fourth-order valence-corrected chi connectivity index (χ4v) is 2.61. The van der Waals surface area contributed by atoms with Crippen molar-refractivity contribution < 1.29 is 14.3 Å². The third-order valence-corrected chi connectivity index (χ3v) is 3.88. The molecule has 2 aromatic carbocycles. The van der Waals surface area contributed by atoms with Gasteiger partial charge in [0.25, 0.3) is 11.5 Å². The van der Waals surface area contributed by atoms with Gasteiger partial charge in [-0.25, -0.2) is 5.43 Å². The number of fused-ring (bicyclic) bond motifs is 1. The molecule has 0 fully saturated rings. The van der Waals surface area contributed by atoms with E-state index in [-0.39, 0.29) is 5.56 Å². The lowest BCUT2D eigenvalue weighted by molar-refractivity contribution is 0.0952. The number of carbonyl (C=O) groups excluding carboxylic acids is 1. The largest absolute Gasteiger partial charge is 0.496 e. The number of carbonyl (C=O) groups is 1. The Labute approximate surface area is 155 Å². The van der Waals surface area contributed by atoms with E-state index in [4.69, 9.17) is 9.47 Å². The van der Waals surface area contributed by atoms with Crippen LogP contribution in [0.1, 0.15) is 22.8 Å². The van der Waals surface area contributed by atoms with Crippen molar-refractivity contribution in [1.82, 2.24) is 10.4 Å². The van der Waals surface area contributed by atoms with Crippen LogP contribution in [0.3, 0.4) is 0 Å². The number of benzene rings is 2. The van der Waals surface area contributed by atoms with Crippen molar-refractivity contribution >= 4 is 23.0 Å². The number of nitrogens with zero attached hydrogens (tertiary/aromatic N) is 1. The number of hydrogen-bond donors (Lipinski definition) is 2. The number of aromatic amines is 1. The van der Waals surface area contributed by atoms with E-state index < -0.39 is 5.91 Å². The lowest BCUT2D eigenvalue weighted by atomic mass is 10.1. The summed E-state index contributed by atoms with van der Waals surface area (Å²) in [5.41, 5.74) is 3.46. The molecule has 0 unspecified atom stereocenters. The van der Waals surface area contributed by atoms with Gasteiger partial charge in [0.15, 0.2) is 0 Å². The topological polar surface area (TPSA) is 92.8 Å². The van der Waals surface area contributed by atoms with E-state index in [1.54, 1.807) is 42.5 Å². The van der Waals surface area contributed by atoms with Crippen molar-refractivity contribution in [1.29, 1.82) is 0 Å². The van der Waals surface area contributed by atoms with E-state index in [1.807, 2.05) is 13.0 Å². The zero-order chi connectivity index (χ0) is 19.2. The minimum absolute atomic E-state index is 0.304. The summed E-state index contributed by atoms with van der Waals surface area (Å²) in [5, 5.41) is 4.69. The third kappa shape index (κ3) is 4.14. The molecule has 0 aliphatic heterocycles. The zero-order valence-electron chi connectivity index (χ0n) is 15.0. The molecule has 1 amide bonds. The minimum atomic E-state index is -0.431. The first-order chi connectivity index (χ1) is 13.1. The van der Waals surface area contributed by atoms with Gasteiger partial charge >= 0.3 is 0 Å². The van der Waals surface area contributed by atoms with E-state index in [1.165, 1.54) is 13.3 Å². The molecule has 138 valence electrons. The SMILES string of the molecule is CCOc1ccc2[nH]c(=O)c(/C=N\NC(=O)c3ccccc3OC)cc2c1. The normalized spacial score (nSPS) is 10.9. The molecule has 1 heterocycles. The summed E-state index contributed by atoms with van der Waals surface area (Å²) in [6.45, 7) is 2.46. The molecule has 0 radical (unpaired) electrons. The molecule has 7 nitrogen and oxygen atoms in total. The molecular formula is C20H19N3O4. The summed E-state index contributed by atoms with van der Waals surface area (Å²) >= 11 is 0. The molecule has 0 aliphatic rings. The predicted molar refractivity (Wildman–Crippen MR) is 104 cm³/mol. The van der Waals surface area contributed by atoms with Gasteiger partial charge in [-0.15, -0.1) is 0 Å². The maximum atomic E-state index is 12.2. The second kappa shape index (κ2) is 8.18. The van der Waals surface area contributed by atoms with Crippen LogP contribution in [0.4, 0.5) is 0 Å². The summed E-state index contributed by atoms with van der Waals surface area (Å²) < 4.78 is 10.6. The van der Waals surface area contributed by atoms with Gasteiger partial charge < -0.3 is 14.5 Å². The van der Waals surface area contributed by atoms with Crippen LogP contribution in [-0.2, 0) is 0 Å². The highest BCUT2D eigenvalue weighted by atomic mass is 16.5.